The number of methoxy groups -OCH3 is 1. The second-order valence-corrected chi connectivity index (χ2v) is 3.53. The molecule has 0 heterocycles. The Morgan fingerprint density at radius 3 is 2.85 bits per heavy atom. The summed E-state index contributed by atoms with van der Waals surface area (Å²) in [5, 5.41) is 0. The predicted octanol–water partition coefficient (Wildman–Crippen LogP) is 1.55. The number of hydrogen-bond acceptors (Lipinski definition) is 3. The molecule has 2 unspecified atom stereocenters. The molecule has 0 amide bonds. The van der Waals surface area contributed by atoms with Crippen LogP contribution in [-0.4, -0.2) is 18.9 Å². The SMILES string of the molecule is CCCC1C(=O)CCC1C(=O)OC. The standard InChI is InChI=1S/C10H16O3/c1-3-4-7-8(10(12)13-2)5-6-9(7)11/h7-8H,3-6H2,1-2H3. The largest absolute Gasteiger partial charge is 0.469 e. The van der Waals surface area contributed by atoms with Crippen molar-refractivity contribution in [3.05, 3.63) is 0 Å². The second kappa shape index (κ2) is 4.40. The maximum atomic E-state index is 11.4. The van der Waals surface area contributed by atoms with Crippen molar-refractivity contribution in [2.24, 2.45) is 11.8 Å². The van der Waals surface area contributed by atoms with Crippen molar-refractivity contribution in [1.29, 1.82) is 0 Å². The van der Waals surface area contributed by atoms with E-state index in [9.17, 15) is 9.59 Å². The molecule has 1 aliphatic carbocycles. The van der Waals surface area contributed by atoms with Gasteiger partial charge in [-0.15, -0.1) is 0 Å². The minimum atomic E-state index is -0.218. The smallest absolute Gasteiger partial charge is 0.309 e. The van der Waals surface area contributed by atoms with E-state index in [1.54, 1.807) is 0 Å². The van der Waals surface area contributed by atoms with E-state index in [1.165, 1.54) is 7.11 Å². The van der Waals surface area contributed by atoms with E-state index < -0.39 is 0 Å². The molecule has 0 spiro atoms. The summed E-state index contributed by atoms with van der Waals surface area (Å²) in [5.41, 5.74) is 0. The molecule has 0 aliphatic heterocycles. The minimum Gasteiger partial charge on any atom is -0.469 e. The fraction of sp³-hybridized carbons (Fsp3) is 0.800. The molecule has 0 bridgehead atoms. The van der Waals surface area contributed by atoms with E-state index in [-0.39, 0.29) is 23.6 Å². The molecule has 0 aromatic rings. The highest BCUT2D eigenvalue weighted by molar-refractivity contribution is 5.90. The molecular formula is C10H16O3. The Bertz CT molecular complexity index is 210. The van der Waals surface area contributed by atoms with Crippen LogP contribution in [0.4, 0.5) is 0 Å². The van der Waals surface area contributed by atoms with E-state index in [4.69, 9.17) is 0 Å². The van der Waals surface area contributed by atoms with Crippen LogP contribution in [0, 0.1) is 11.8 Å². The topological polar surface area (TPSA) is 43.4 Å². The van der Waals surface area contributed by atoms with Gasteiger partial charge in [0.2, 0.25) is 0 Å². The molecule has 0 radical (unpaired) electrons. The van der Waals surface area contributed by atoms with Crippen LogP contribution in [0.5, 0.6) is 0 Å². The second-order valence-electron chi connectivity index (χ2n) is 3.53. The number of esters is 1. The molecule has 3 heteroatoms. The van der Waals surface area contributed by atoms with Crippen molar-refractivity contribution in [3.8, 4) is 0 Å². The third kappa shape index (κ3) is 2.08. The third-order valence-corrected chi connectivity index (χ3v) is 2.70. The van der Waals surface area contributed by atoms with Gasteiger partial charge in [-0.25, -0.2) is 0 Å². The van der Waals surface area contributed by atoms with Crippen molar-refractivity contribution in [2.45, 2.75) is 32.6 Å². The zero-order valence-electron chi connectivity index (χ0n) is 8.21. The summed E-state index contributed by atoms with van der Waals surface area (Å²) in [6.45, 7) is 2.03. The van der Waals surface area contributed by atoms with Crippen molar-refractivity contribution in [2.75, 3.05) is 7.11 Å². The highest BCUT2D eigenvalue weighted by Gasteiger charge is 2.38. The van der Waals surface area contributed by atoms with Crippen LogP contribution in [0.2, 0.25) is 0 Å². The third-order valence-electron chi connectivity index (χ3n) is 2.70. The molecule has 0 aromatic heterocycles. The van der Waals surface area contributed by atoms with Gasteiger partial charge < -0.3 is 4.74 Å². The van der Waals surface area contributed by atoms with Crippen molar-refractivity contribution in [3.63, 3.8) is 0 Å². The summed E-state index contributed by atoms with van der Waals surface area (Å²) in [5.74, 6) is -0.226. The highest BCUT2D eigenvalue weighted by Crippen LogP contribution is 2.32. The molecule has 1 aliphatic rings. The molecule has 0 N–H and O–H groups in total. The van der Waals surface area contributed by atoms with Crippen LogP contribution >= 0.6 is 0 Å². The highest BCUT2D eigenvalue weighted by atomic mass is 16.5. The van der Waals surface area contributed by atoms with E-state index in [2.05, 4.69) is 4.74 Å². The Hall–Kier alpha value is -0.860. The first-order chi connectivity index (χ1) is 6.20. The van der Waals surface area contributed by atoms with Gasteiger partial charge in [-0.3, -0.25) is 9.59 Å². The molecular weight excluding hydrogens is 168 g/mol. The number of ether oxygens (including phenoxy) is 1. The van der Waals surface area contributed by atoms with Crippen LogP contribution in [0.15, 0.2) is 0 Å². The summed E-state index contributed by atoms with van der Waals surface area (Å²) >= 11 is 0. The summed E-state index contributed by atoms with van der Waals surface area (Å²) in [6, 6.07) is 0. The van der Waals surface area contributed by atoms with Crippen LogP contribution in [0.1, 0.15) is 32.6 Å². The first kappa shape index (κ1) is 10.2. The van der Waals surface area contributed by atoms with Gasteiger partial charge in [0.05, 0.1) is 13.0 Å². The molecule has 1 saturated carbocycles. The molecule has 0 saturated heterocycles. The van der Waals surface area contributed by atoms with Crippen LogP contribution in [0.25, 0.3) is 0 Å². The number of carbonyl (C=O) groups excluding carboxylic acids is 2. The molecule has 1 fully saturated rings. The number of ketones is 1. The van der Waals surface area contributed by atoms with Crippen LogP contribution in [0.3, 0.4) is 0 Å². The maximum Gasteiger partial charge on any atom is 0.309 e. The fourth-order valence-corrected chi connectivity index (χ4v) is 2.02. The lowest BCUT2D eigenvalue weighted by Crippen LogP contribution is -2.23. The monoisotopic (exact) mass is 184 g/mol. The van der Waals surface area contributed by atoms with E-state index in [0.29, 0.717) is 12.8 Å². The molecule has 1 rings (SSSR count). The van der Waals surface area contributed by atoms with Gasteiger partial charge in [0.1, 0.15) is 5.78 Å². The Balaban J connectivity index is 2.63. The number of carbonyl (C=O) groups is 2. The number of rotatable bonds is 3. The van der Waals surface area contributed by atoms with E-state index in [0.717, 1.165) is 12.8 Å². The van der Waals surface area contributed by atoms with Gasteiger partial charge in [0.25, 0.3) is 0 Å². The Kier molecular flexibility index (Phi) is 3.46. The van der Waals surface area contributed by atoms with E-state index in [1.807, 2.05) is 6.92 Å². The summed E-state index contributed by atoms with van der Waals surface area (Å²) < 4.78 is 4.67. The van der Waals surface area contributed by atoms with Crippen molar-refractivity contribution < 1.29 is 14.3 Å². The molecule has 74 valence electrons. The van der Waals surface area contributed by atoms with Gasteiger partial charge in [-0.05, 0) is 12.8 Å². The van der Waals surface area contributed by atoms with Gasteiger partial charge in [0.15, 0.2) is 0 Å². The molecule has 3 nitrogen and oxygen atoms in total. The van der Waals surface area contributed by atoms with Crippen LogP contribution in [-0.2, 0) is 14.3 Å². The first-order valence-electron chi connectivity index (χ1n) is 4.81. The summed E-state index contributed by atoms with van der Waals surface area (Å²) in [7, 11) is 1.38. The Morgan fingerprint density at radius 1 is 1.62 bits per heavy atom. The number of Topliss-reactive ketones (excluding diaryl/α,β-unsaturated/α-hetero) is 1. The average molecular weight is 184 g/mol. The normalized spacial score (nSPS) is 27.7. The van der Waals surface area contributed by atoms with Crippen LogP contribution < -0.4 is 0 Å². The average Bonchev–Trinajstić information content (AvgIpc) is 2.48. The fourth-order valence-electron chi connectivity index (χ4n) is 2.02. The van der Waals surface area contributed by atoms with Gasteiger partial charge in [-0.2, -0.15) is 0 Å². The van der Waals surface area contributed by atoms with Crippen molar-refractivity contribution >= 4 is 11.8 Å². The zero-order valence-corrected chi connectivity index (χ0v) is 8.21. The Labute approximate surface area is 78.5 Å². The lowest BCUT2D eigenvalue weighted by Gasteiger charge is -2.14. The first-order valence-corrected chi connectivity index (χ1v) is 4.81. The van der Waals surface area contributed by atoms with Gasteiger partial charge in [-0.1, -0.05) is 13.3 Å². The quantitative estimate of drug-likeness (QED) is 0.625. The maximum absolute atomic E-state index is 11.4. The molecule has 13 heavy (non-hydrogen) atoms. The van der Waals surface area contributed by atoms with E-state index >= 15 is 0 Å². The summed E-state index contributed by atoms with van der Waals surface area (Å²) in [4.78, 5) is 22.7. The number of hydrogen-bond donors (Lipinski definition) is 0. The minimum absolute atomic E-state index is 0.0718. The van der Waals surface area contributed by atoms with Crippen molar-refractivity contribution in [1.82, 2.24) is 0 Å². The Morgan fingerprint density at radius 2 is 2.31 bits per heavy atom. The summed E-state index contributed by atoms with van der Waals surface area (Å²) in [6.07, 6.45) is 2.99. The molecule has 2 atom stereocenters. The van der Waals surface area contributed by atoms with Gasteiger partial charge in [0, 0.05) is 12.3 Å². The van der Waals surface area contributed by atoms with Gasteiger partial charge >= 0.3 is 5.97 Å². The zero-order chi connectivity index (χ0) is 9.84. The lowest BCUT2D eigenvalue weighted by molar-refractivity contribution is -0.147. The lowest BCUT2D eigenvalue weighted by atomic mass is 9.91. The predicted molar refractivity (Wildman–Crippen MR) is 48.1 cm³/mol. The molecule has 0 aromatic carbocycles.